The van der Waals surface area contributed by atoms with Crippen molar-refractivity contribution >= 4 is 11.5 Å². The molecule has 1 aromatic carbocycles. The SMILES string of the molecule is CNc1ccc(F)c(C#CC2=CN=C(N)C(CN)C2)c1F. The van der Waals surface area contributed by atoms with E-state index < -0.39 is 11.6 Å². The third-order valence-electron chi connectivity index (χ3n) is 3.25. The molecule has 1 aromatic rings. The van der Waals surface area contributed by atoms with E-state index in [2.05, 4.69) is 22.2 Å². The van der Waals surface area contributed by atoms with Crippen molar-refractivity contribution in [2.45, 2.75) is 6.42 Å². The standard InChI is InChI=1S/C15H16F2N4/c1-20-13-5-4-12(16)11(14(13)17)3-2-9-6-10(7-18)15(19)21-8-9/h4-5,8,10,20H,6-7,18H2,1H3,(H2,19,21). The molecule has 0 saturated heterocycles. The molecule has 0 radical (unpaired) electrons. The van der Waals surface area contributed by atoms with E-state index in [1.807, 2.05) is 0 Å². The minimum absolute atomic E-state index is 0.0855. The van der Waals surface area contributed by atoms with Crippen LogP contribution in [-0.2, 0) is 0 Å². The van der Waals surface area contributed by atoms with Crippen LogP contribution in [0, 0.1) is 29.4 Å². The number of nitrogens with one attached hydrogen (secondary N) is 1. The number of aliphatic imine (C=N–C) groups is 1. The summed E-state index contributed by atoms with van der Waals surface area (Å²) in [6.07, 6.45) is 2.03. The highest BCUT2D eigenvalue weighted by Crippen LogP contribution is 2.21. The van der Waals surface area contributed by atoms with E-state index >= 15 is 0 Å². The fourth-order valence-corrected chi connectivity index (χ4v) is 1.97. The van der Waals surface area contributed by atoms with Crippen molar-refractivity contribution in [2.24, 2.45) is 22.4 Å². The molecule has 5 N–H and O–H groups in total. The lowest BCUT2D eigenvalue weighted by atomic mass is 9.97. The molecule has 0 aliphatic carbocycles. The number of benzene rings is 1. The maximum Gasteiger partial charge on any atom is 0.164 e. The minimum Gasteiger partial charge on any atom is -0.387 e. The molecule has 1 aliphatic rings. The Morgan fingerprint density at radius 2 is 2.14 bits per heavy atom. The Kier molecular flexibility index (Phi) is 4.55. The molecule has 1 atom stereocenters. The number of nitrogens with zero attached hydrogens (tertiary/aromatic N) is 1. The number of nitrogens with two attached hydrogens (primary N) is 2. The highest BCUT2D eigenvalue weighted by Gasteiger charge is 2.16. The smallest absolute Gasteiger partial charge is 0.164 e. The number of anilines is 1. The summed E-state index contributed by atoms with van der Waals surface area (Å²) in [6, 6.07) is 2.50. The molecule has 0 aromatic heterocycles. The molecular weight excluding hydrogens is 274 g/mol. The van der Waals surface area contributed by atoms with Gasteiger partial charge in [0.05, 0.1) is 11.3 Å². The molecule has 1 unspecified atom stereocenters. The van der Waals surface area contributed by atoms with Crippen molar-refractivity contribution in [1.29, 1.82) is 0 Å². The molecule has 1 heterocycles. The fourth-order valence-electron chi connectivity index (χ4n) is 1.97. The summed E-state index contributed by atoms with van der Waals surface area (Å²) >= 11 is 0. The summed E-state index contributed by atoms with van der Waals surface area (Å²) in [5, 5.41) is 2.64. The summed E-state index contributed by atoms with van der Waals surface area (Å²) in [7, 11) is 1.56. The van der Waals surface area contributed by atoms with Gasteiger partial charge in [0.15, 0.2) is 5.82 Å². The summed E-state index contributed by atoms with van der Waals surface area (Å²) in [5.74, 6) is 4.23. The van der Waals surface area contributed by atoms with Gasteiger partial charge in [-0.3, -0.25) is 0 Å². The first-order chi connectivity index (χ1) is 10.1. The first-order valence-corrected chi connectivity index (χ1v) is 6.46. The van der Waals surface area contributed by atoms with E-state index in [1.54, 1.807) is 7.05 Å². The van der Waals surface area contributed by atoms with Crippen molar-refractivity contribution in [3.63, 3.8) is 0 Å². The van der Waals surface area contributed by atoms with Gasteiger partial charge in [0.1, 0.15) is 11.7 Å². The van der Waals surface area contributed by atoms with Gasteiger partial charge in [-0.25, -0.2) is 13.8 Å². The van der Waals surface area contributed by atoms with Gasteiger partial charge in [-0.2, -0.15) is 0 Å². The van der Waals surface area contributed by atoms with Gasteiger partial charge < -0.3 is 16.8 Å². The highest BCUT2D eigenvalue weighted by atomic mass is 19.1. The zero-order chi connectivity index (χ0) is 15.4. The average molecular weight is 290 g/mol. The summed E-state index contributed by atoms with van der Waals surface area (Å²) < 4.78 is 27.7. The molecule has 0 spiro atoms. The quantitative estimate of drug-likeness (QED) is 0.724. The Morgan fingerprint density at radius 3 is 2.81 bits per heavy atom. The van der Waals surface area contributed by atoms with E-state index in [4.69, 9.17) is 11.5 Å². The zero-order valence-electron chi connectivity index (χ0n) is 11.6. The number of halogens is 2. The van der Waals surface area contributed by atoms with E-state index in [0.29, 0.717) is 24.4 Å². The van der Waals surface area contributed by atoms with Crippen LogP contribution < -0.4 is 16.8 Å². The third-order valence-corrected chi connectivity index (χ3v) is 3.25. The molecular formula is C15H16F2N4. The summed E-state index contributed by atoms with van der Waals surface area (Å²) in [5.41, 5.74) is 11.9. The second kappa shape index (κ2) is 6.37. The first-order valence-electron chi connectivity index (χ1n) is 6.46. The number of hydrogen-bond acceptors (Lipinski definition) is 4. The van der Waals surface area contributed by atoms with Crippen molar-refractivity contribution in [3.8, 4) is 11.8 Å². The largest absolute Gasteiger partial charge is 0.387 e. The van der Waals surface area contributed by atoms with E-state index in [0.717, 1.165) is 0 Å². The van der Waals surface area contributed by atoms with Gasteiger partial charge in [-0.1, -0.05) is 11.8 Å². The Balaban J connectivity index is 2.32. The van der Waals surface area contributed by atoms with Crippen molar-refractivity contribution in [1.82, 2.24) is 0 Å². The zero-order valence-corrected chi connectivity index (χ0v) is 11.6. The van der Waals surface area contributed by atoms with Crippen LogP contribution in [0.4, 0.5) is 14.5 Å². The Bertz CT molecular complexity index is 668. The third kappa shape index (κ3) is 3.20. The van der Waals surface area contributed by atoms with Crippen molar-refractivity contribution < 1.29 is 8.78 Å². The van der Waals surface area contributed by atoms with Gasteiger partial charge >= 0.3 is 0 Å². The van der Waals surface area contributed by atoms with Crippen LogP contribution in [0.25, 0.3) is 0 Å². The monoisotopic (exact) mass is 290 g/mol. The molecule has 110 valence electrons. The molecule has 0 amide bonds. The summed E-state index contributed by atoms with van der Waals surface area (Å²) in [6.45, 7) is 0.353. The maximum atomic E-state index is 14.0. The molecule has 6 heteroatoms. The van der Waals surface area contributed by atoms with E-state index in [1.165, 1.54) is 18.3 Å². The molecule has 4 nitrogen and oxygen atoms in total. The van der Waals surface area contributed by atoms with E-state index in [-0.39, 0.29) is 17.2 Å². The first kappa shape index (κ1) is 15.0. The Labute approximate surface area is 121 Å². The number of rotatable bonds is 2. The minimum atomic E-state index is -0.709. The summed E-state index contributed by atoms with van der Waals surface area (Å²) in [4.78, 5) is 4.00. The van der Waals surface area contributed by atoms with Crippen LogP contribution in [-0.4, -0.2) is 19.4 Å². The lowest BCUT2D eigenvalue weighted by Crippen LogP contribution is -2.31. The number of allylic oxidation sites excluding steroid dienone is 1. The van der Waals surface area contributed by atoms with Crippen LogP contribution in [0.1, 0.15) is 12.0 Å². The average Bonchev–Trinajstić information content (AvgIpc) is 2.48. The van der Waals surface area contributed by atoms with Crippen LogP contribution in [0.15, 0.2) is 28.9 Å². The van der Waals surface area contributed by atoms with Gasteiger partial charge in [-0.15, -0.1) is 0 Å². The van der Waals surface area contributed by atoms with Crippen LogP contribution in [0.3, 0.4) is 0 Å². The van der Waals surface area contributed by atoms with Gasteiger partial charge in [-0.05, 0) is 18.6 Å². The Hall–Kier alpha value is -2.39. The second-order valence-corrected chi connectivity index (χ2v) is 4.63. The normalized spacial score (nSPS) is 17.4. The van der Waals surface area contributed by atoms with Crippen LogP contribution >= 0.6 is 0 Å². The van der Waals surface area contributed by atoms with Crippen LogP contribution in [0.5, 0.6) is 0 Å². The predicted molar refractivity (Wildman–Crippen MR) is 79.6 cm³/mol. The Morgan fingerprint density at radius 1 is 1.38 bits per heavy atom. The lowest BCUT2D eigenvalue weighted by Gasteiger charge is -2.16. The van der Waals surface area contributed by atoms with Crippen molar-refractivity contribution in [3.05, 3.63) is 41.1 Å². The molecule has 1 aliphatic heterocycles. The molecule has 0 saturated carbocycles. The van der Waals surface area contributed by atoms with Gasteiger partial charge in [0.25, 0.3) is 0 Å². The maximum absolute atomic E-state index is 14.0. The molecule has 0 fully saturated rings. The molecule has 2 rings (SSSR count). The van der Waals surface area contributed by atoms with E-state index in [9.17, 15) is 8.78 Å². The highest BCUT2D eigenvalue weighted by molar-refractivity contribution is 5.85. The number of hydrogen-bond donors (Lipinski definition) is 3. The van der Waals surface area contributed by atoms with Crippen molar-refractivity contribution in [2.75, 3.05) is 18.9 Å². The van der Waals surface area contributed by atoms with Gasteiger partial charge in [0, 0.05) is 31.3 Å². The molecule has 0 bridgehead atoms. The topological polar surface area (TPSA) is 76.4 Å². The molecule has 21 heavy (non-hydrogen) atoms. The predicted octanol–water partition coefficient (Wildman–Crippen LogP) is 1.58. The van der Waals surface area contributed by atoms with Crippen LogP contribution in [0.2, 0.25) is 0 Å². The number of amidine groups is 1. The lowest BCUT2D eigenvalue weighted by molar-refractivity contribution is 0.580. The fraction of sp³-hybridized carbons (Fsp3) is 0.267. The van der Waals surface area contributed by atoms with Gasteiger partial charge in [0.2, 0.25) is 0 Å². The second-order valence-electron chi connectivity index (χ2n) is 4.63.